The summed E-state index contributed by atoms with van der Waals surface area (Å²) in [6.45, 7) is 2.19. The molecule has 0 bridgehead atoms. The van der Waals surface area contributed by atoms with Crippen LogP contribution < -0.4 is 0 Å². The minimum absolute atomic E-state index is 0.991. The number of aryl methyl sites for hydroxylation is 1. The van der Waals surface area contributed by atoms with Gasteiger partial charge in [0.2, 0.25) is 0 Å². The first-order chi connectivity index (χ1) is 25.6. The van der Waals surface area contributed by atoms with Crippen molar-refractivity contribution < 1.29 is 0 Å². The van der Waals surface area contributed by atoms with E-state index in [4.69, 9.17) is 12.6 Å². The van der Waals surface area contributed by atoms with Gasteiger partial charge in [0, 0.05) is 37.8 Å². The quantitative estimate of drug-likeness (QED) is 0.173. The van der Waals surface area contributed by atoms with E-state index in [0.29, 0.717) is 0 Å². The van der Waals surface area contributed by atoms with Crippen molar-refractivity contribution >= 4 is 56.2 Å². The maximum absolute atomic E-state index is 4.72. The Kier molecular flexibility index (Phi) is 7.16. The van der Waals surface area contributed by atoms with Crippen molar-refractivity contribution in [2.45, 2.75) is 11.8 Å². The van der Waals surface area contributed by atoms with E-state index < -0.39 is 0 Å². The predicted octanol–water partition coefficient (Wildman–Crippen LogP) is 13.5. The van der Waals surface area contributed by atoms with Gasteiger partial charge in [0.25, 0.3) is 0 Å². The van der Waals surface area contributed by atoms with Crippen LogP contribution in [0.1, 0.15) is 5.56 Å². The number of aromatic nitrogens is 2. The number of rotatable bonds is 5. The number of hydrogen-bond donors (Lipinski definition) is 1. The van der Waals surface area contributed by atoms with Gasteiger partial charge >= 0.3 is 0 Å². The van der Waals surface area contributed by atoms with Gasteiger partial charge in [-0.2, -0.15) is 0 Å². The van der Waals surface area contributed by atoms with Crippen molar-refractivity contribution in [2.75, 3.05) is 0 Å². The van der Waals surface area contributed by atoms with Crippen LogP contribution >= 0.6 is 12.6 Å². The van der Waals surface area contributed by atoms with Crippen LogP contribution in [0.5, 0.6) is 0 Å². The summed E-state index contributed by atoms with van der Waals surface area (Å²) in [7, 11) is 0. The highest BCUT2D eigenvalue weighted by molar-refractivity contribution is 7.80. The summed E-state index contributed by atoms with van der Waals surface area (Å²) in [4.78, 5) is 0.991. The summed E-state index contributed by atoms with van der Waals surface area (Å²) in [6, 6.07) is 66.0. The van der Waals surface area contributed by atoms with E-state index in [9.17, 15) is 0 Å². The molecule has 0 spiro atoms. The Hall–Kier alpha value is -6.29. The fourth-order valence-corrected chi connectivity index (χ4v) is 8.39. The highest BCUT2D eigenvalue weighted by Crippen LogP contribution is 2.39. The van der Waals surface area contributed by atoms with E-state index in [-0.39, 0.29) is 0 Å². The molecule has 10 aromatic rings. The molecule has 52 heavy (non-hydrogen) atoms. The molecule has 10 rings (SSSR count). The van der Waals surface area contributed by atoms with Gasteiger partial charge < -0.3 is 9.13 Å². The van der Waals surface area contributed by atoms with Gasteiger partial charge in [-0.1, -0.05) is 121 Å². The predicted molar refractivity (Wildman–Crippen MR) is 223 cm³/mol. The molecule has 0 saturated heterocycles. The lowest BCUT2D eigenvalue weighted by atomic mass is 9.95. The summed E-state index contributed by atoms with van der Waals surface area (Å²) in [5.41, 5.74) is 15.5. The minimum Gasteiger partial charge on any atom is -0.309 e. The van der Waals surface area contributed by atoms with E-state index in [1.807, 2.05) is 12.1 Å². The largest absolute Gasteiger partial charge is 0.309 e. The molecule has 246 valence electrons. The number of para-hydroxylation sites is 3. The molecule has 2 aromatic heterocycles. The maximum atomic E-state index is 4.72. The molecule has 0 aliphatic rings. The molecule has 0 unspecified atom stereocenters. The lowest BCUT2D eigenvalue weighted by Gasteiger charge is -2.13. The van der Waals surface area contributed by atoms with E-state index >= 15 is 0 Å². The average molecular weight is 683 g/mol. The molecular formula is C49H34N2S. The van der Waals surface area contributed by atoms with Crippen molar-refractivity contribution in [3.63, 3.8) is 0 Å². The highest BCUT2D eigenvalue weighted by Gasteiger charge is 2.17. The lowest BCUT2D eigenvalue weighted by molar-refractivity contribution is 1.18. The second-order valence-electron chi connectivity index (χ2n) is 13.6. The molecule has 2 nitrogen and oxygen atoms in total. The number of thiol groups is 1. The van der Waals surface area contributed by atoms with Crippen molar-refractivity contribution in [3.8, 4) is 44.8 Å². The van der Waals surface area contributed by atoms with Crippen LogP contribution in [0.25, 0.3) is 88.4 Å². The monoisotopic (exact) mass is 682 g/mol. The molecule has 0 radical (unpaired) electrons. The standard InChI is InChI=1S/C49H34N2S/c1-32-28-34(22-25-39(32)43-18-7-10-21-49(43)52)33-12-11-15-38(29-33)51-46-20-9-6-17-41(46)44-30-35(24-27-47(44)51)36-23-26-42-40-16-5-8-19-45(40)50(48(42)31-36)37-13-3-2-4-14-37/h2-31,52H,1H3. The SMILES string of the molecule is Cc1cc(-c2cccc(-n3c4ccccc4c4cc(-c5ccc6c7ccccc7n(-c7ccccc7)c6c5)ccc43)c2)ccc1-c1ccccc1S. The molecule has 3 heteroatoms. The summed E-state index contributed by atoms with van der Waals surface area (Å²) >= 11 is 4.72. The van der Waals surface area contributed by atoms with Gasteiger partial charge in [-0.3, -0.25) is 0 Å². The zero-order chi connectivity index (χ0) is 34.8. The summed E-state index contributed by atoms with van der Waals surface area (Å²) < 4.78 is 4.80. The van der Waals surface area contributed by atoms with Gasteiger partial charge in [-0.15, -0.1) is 12.6 Å². The molecule has 2 heterocycles. The van der Waals surface area contributed by atoms with Gasteiger partial charge in [0.15, 0.2) is 0 Å². The molecule has 0 N–H and O–H groups in total. The smallest absolute Gasteiger partial charge is 0.0547 e. The van der Waals surface area contributed by atoms with Crippen LogP contribution in [0, 0.1) is 6.92 Å². The molecule has 0 amide bonds. The molecule has 8 aromatic carbocycles. The average Bonchev–Trinajstić information content (AvgIpc) is 3.71. The first-order valence-electron chi connectivity index (χ1n) is 17.7. The minimum atomic E-state index is 0.991. The Labute approximate surface area is 308 Å². The molecular weight excluding hydrogens is 649 g/mol. The lowest BCUT2D eigenvalue weighted by Crippen LogP contribution is -1.95. The molecule has 0 saturated carbocycles. The Bertz CT molecular complexity index is 2980. The molecule has 0 atom stereocenters. The Balaban J connectivity index is 1.10. The molecule has 0 aliphatic carbocycles. The van der Waals surface area contributed by atoms with Gasteiger partial charge in [0.05, 0.1) is 22.1 Å². The van der Waals surface area contributed by atoms with Crippen molar-refractivity contribution in [3.05, 3.63) is 188 Å². The van der Waals surface area contributed by atoms with Gasteiger partial charge in [-0.25, -0.2) is 0 Å². The van der Waals surface area contributed by atoms with Crippen LogP contribution in [0.4, 0.5) is 0 Å². The Morgan fingerprint density at radius 1 is 0.346 bits per heavy atom. The van der Waals surface area contributed by atoms with E-state index in [1.54, 1.807) is 0 Å². The molecule has 0 aliphatic heterocycles. The number of nitrogens with zero attached hydrogens (tertiary/aromatic N) is 2. The van der Waals surface area contributed by atoms with E-state index in [2.05, 4.69) is 186 Å². The second kappa shape index (κ2) is 12.2. The normalized spacial score (nSPS) is 11.7. The second-order valence-corrected chi connectivity index (χ2v) is 14.1. The van der Waals surface area contributed by atoms with Crippen molar-refractivity contribution in [1.82, 2.24) is 9.13 Å². The third-order valence-corrected chi connectivity index (χ3v) is 10.9. The first kappa shape index (κ1) is 30.5. The summed E-state index contributed by atoms with van der Waals surface area (Å²) in [5, 5.41) is 5.02. The number of benzene rings is 8. The fourth-order valence-electron chi connectivity index (χ4n) is 8.11. The van der Waals surface area contributed by atoms with Gasteiger partial charge in [0.1, 0.15) is 0 Å². The van der Waals surface area contributed by atoms with Crippen molar-refractivity contribution in [2.24, 2.45) is 0 Å². The zero-order valence-corrected chi connectivity index (χ0v) is 29.6. The third kappa shape index (κ3) is 4.89. The maximum Gasteiger partial charge on any atom is 0.0547 e. The van der Waals surface area contributed by atoms with Crippen LogP contribution in [0.3, 0.4) is 0 Å². The number of hydrogen-bond acceptors (Lipinski definition) is 1. The van der Waals surface area contributed by atoms with Crippen LogP contribution in [0.15, 0.2) is 187 Å². The van der Waals surface area contributed by atoms with Crippen molar-refractivity contribution in [1.29, 1.82) is 0 Å². The summed E-state index contributed by atoms with van der Waals surface area (Å²) in [5.74, 6) is 0. The molecule has 0 fully saturated rings. The van der Waals surface area contributed by atoms with Crippen LogP contribution in [-0.2, 0) is 0 Å². The van der Waals surface area contributed by atoms with Crippen LogP contribution in [-0.4, -0.2) is 9.13 Å². The third-order valence-electron chi connectivity index (χ3n) is 10.6. The zero-order valence-electron chi connectivity index (χ0n) is 28.7. The summed E-state index contributed by atoms with van der Waals surface area (Å²) in [6.07, 6.45) is 0. The van der Waals surface area contributed by atoms with E-state index in [1.165, 1.54) is 82.7 Å². The Morgan fingerprint density at radius 3 is 1.69 bits per heavy atom. The Morgan fingerprint density at radius 2 is 0.904 bits per heavy atom. The van der Waals surface area contributed by atoms with Gasteiger partial charge in [-0.05, 0) is 107 Å². The van der Waals surface area contributed by atoms with Crippen LogP contribution in [0.2, 0.25) is 0 Å². The first-order valence-corrected chi connectivity index (χ1v) is 18.2. The van der Waals surface area contributed by atoms with E-state index in [0.717, 1.165) is 16.1 Å². The topological polar surface area (TPSA) is 9.86 Å². The fraction of sp³-hybridized carbons (Fsp3) is 0.0204. The number of fused-ring (bicyclic) bond motifs is 6. The highest BCUT2D eigenvalue weighted by atomic mass is 32.1.